The van der Waals surface area contributed by atoms with E-state index in [1.54, 1.807) is 6.07 Å². The van der Waals surface area contributed by atoms with Crippen molar-refractivity contribution in [2.75, 3.05) is 0 Å². The Morgan fingerprint density at radius 1 is 1.29 bits per heavy atom. The van der Waals surface area contributed by atoms with Gasteiger partial charge in [0.05, 0.1) is 20.1 Å². The normalized spacial score (nSPS) is 10.5. The molecule has 0 aliphatic rings. The highest BCUT2D eigenvalue weighted by molar-refractivity contribution is 9.10. The smallest absolute Gasteiger partial charge is 0.313 e. The second-order valence-electron chi connectivity index (χ2n) is 3.84. The number of pyridine rings is 1. The Bertz CT molecular complexity index is 712. The summed E-state index contributed by atoms with van der Waals surface area (Å²) in [6.45, 7) is -0.0690. The zero-order valence-corrected chi connectivity index (χ0v) is 14.0. The number of hydrogen-bond donors (Lipinski definition) is 0. The number of benzene rings is 1. The quantitative estimate of drug-likeness (QED) is 0.389. The maximum absolute atomic E-state index is 11.0. The number of halogens is 4. The topological polar surface area (TPSA) is 65.3 Å². The average molecular weight is 412 g/mol. The standard InChI is InChI=1S/C12H6BrCl3N2O3/c13-7-3-6(14)4-10(18(19)20)12(7)21-5-9-8(15)1-2-11(16)17-9/h1-4H,5H2. The number of ether oxygens (including phenoxy) is 1. The van der Waals surface area contributed by atoms with Crippen molar-refractivity contribution in [2.45, 2.75) is 6.61 Å². The Morgan fingerprint density at radius 3 is 2.67 bits per heavy atom. The predicted molar refractivity (Wildman–Crippen MR) is 84.4 cm³/mol. The van der Waals surface area contributed by atoms with Gasteiger partial charge in [0.1, 0.15) is 11.8 Å². The van der Waals surface area contributed by atoms with Crippen LogP contribution in [0.2, 0.25) is 15.2 Å². The van der Waals surface area contributed by atoms with Gasteiger partial charge in [-0.15, -0.1) is 0 Å². The number of nitro groups is 1. The van der Waals surface area contributed by atoms with Gasteiger partial charge in [0.15, 0.2) is 0 Å². The highest BCUT2D eigenvalue weighted by Crippen LogP contribution is 2.38. The lowest BCUT2D eigenvalue weighted by Gasteiger charge is -2.10. The van der Waals surface area contributed by atoms with Gasteiger partial charge in [-0.2, -0.15) is 0 Å². The highest BCUT2D eigenvalue weighted by atomic mass is 79.9. The van der Waals surface area contributed by atoms with E-state index in [0.717, 1.165) is 0 Å². The number of rotatable bonds is 4. The zero-order valence-electron chi connectivity index (χ0n) is 10.1. The monoisotopic (exact) mass is 410 g/mol. The molecule has 0 atom stereocenters. The van der Waals surface area contributed by atoms with Crippen molar-refractivity contribution in [1.29, 1.82) is 0 Å². The second kappa shape index (κ2) is 6.79. The molecule has 0 spiro atoms. The van der Waals surface area contributed by atoms with Gasteiger partial charge in [-0.3, -0.25) is 10.1 Å². The summed E-state index contributed by atoms with van der Waals surface area (Å²) in [6.07, 6.45) is 0. The molecule has 0 bridgehead atoms. The molecular weight excluding hydrogens is 406 g/mol. The second-order valence-corrected chi connectivity index (χ2v) is 5.93. The van der Waals surface area contributed by atoms with Crippen LogP contribution in [-0.2, 0) is 6.61 Å². The number of nitro benzene ring substituents is 1. The van der Waals surface area contributed by atoms with Gasteiger partial charge in [0.2, 0.25) is 5.75 Å². The summed E-state index contributed by atoms with van der Waals surface area (Å²) < 4.78 is 5.81. The third-order valence-electron chi connectivity index (χ3n) is 2.42. The molecule has 1 aromatic heterocycles. The van der Waals surface area contributed by atoms with Crippen LogP contribution in [0.4, 0.5) is 5.69 Å². The number of nitrogens with zero attached hydrogens (tertiary/aromatic N) is 2. The van der Waals surface area contributed by atoms with Gasteiger partial charge in [0.25, 0.3) is 0 Å². The highest BCUT2D eigenvalue weighted by Gasteiger charge is 2.20. The summed E-state index contributed by atoms with van der Waals surface area (Å²) in [7, 11) is 0. The van der Waals surface area contributed by atoms with E-state index in [-0.39, 0.29) is 28.2 Å². The number of aromatic nitrogens is 1. The SMILES string of the molecule is O=[N+]([O-])c1cc(Cl)cc(Br)c1OCc1nc(Cl)ccc1Cl. The largest absolute Gasteiger partial charge is 0.479 e. The molecule has 1 aromatic carbocycles. The summed E-state index contributed by atoms with van der Waals surface area (Å²) >= 11 is 20.7. The summed E-state index contributed by atoms with van der Waals surface area (Å²) in [4.78, 5) is 14.5. The third-order valence-corrected chi connectivity index (χ3v) is 3.79. The molecule has 0 unspecified atom stereocenters. The minimum atomic E-state index is -0.584. The maximum Gasteiger partial charge on any atom is 0.313 e. The van der Waals surface area contributed by atoms with Crippen molar-refractivity contribution in [3.05, 3.63) is 59.7 Å². The van der Waals surface area contributed by atoms with Gasteiger partial charge >= 0.3 is 5.69 Å². The first kappa shape index (κ1) is 16.3. The fraction of sp³-hybridized carbons (Fsp3) is 0.0833. The lowest BCUT2D eigenvalue weighted by atomic mass is 10.3. The first-order valence-corrected chi connectivity index (χ1v) is 7.38. The van der Waals surface area contributed by atoms with Gasteiger partial charge in [-0.1, -0.05) is 34.8 Å². The minimum Gasteiger partial charge on any atom is -0.479 e. The molecule has 1 heterocycles. The van der Waals surface area contributed by atoms with Crippen LogP contribution in [0.25, 0.3) is 0 Å². The van der Waals surface area contributed by atoms with Crippen molar-refractivity contribution in [1.82, 2.24) is 4.98 Å². The predicted octanol–water partition coefficient (Wildman–Crippen LogP) is 5.29. The van der Waals surface area contributed by atoms with Crippen LogP contribution in [0.15, 0.2) is 28.7 Å². The molecule has 0 aliphatic carbocycles. The van der Waals surface area contributed by atoms with Crippen LogP contribution in [0.5, 0.6) is 5.75 Å². The van der Waals surface area contributed by atoms with E-state index in [1.807, 2.05) is 0 Å². The molecule has 0 saturated heterocycles. The van der Waals surface area contributed by atoms with Crippen LogP contribution in [0, 0.1) is 10.1 Å². The molecule has 0 aliphatic heterocycles. The molecule has 2 rings (SSSR count). The minimum absolute atomic E-state index is 0.0437. The zero-order chi connectivity index (χ0) is 15.6. The summed E-state index contributed by atoms with van der Waals surface area (Å²) in [5.74, 6) is 0.0437. The van der Waals surface area contributed by atoms with Crippen molar-refractivity contribution in [2.24, 2.45) is 0 Å². The molecule has 2 aromatic rings. The Balaban J connectivity index is 2.32. The van der Waals surface area contributed by atoms with Crippen LogP contribution in [0.3, 0.4) is 0 Å². The Kier molecular flexibility index (Phi) is 5.27. The molecular formula is C12H6BrCl3N2O3. The molecule has 0 saturated carbocycles. The fourth-order valence-electron chi connectivity index (χ4n) is 1.52. The van der Waals surface area contributed by atoms with Gasteiger partial charge in [0, 0.05) is 11.1 Å². The van der Waals surface area contributed by atoms with E-state index < -0.39 is 4.92 Å². The lowest BCUT2D eigenvalue weighted by molar-refractivity contribution is -0.386. The van der Waals surface area contributed by atoms with E-state index in [0.29, 0.717) is 15.2 Å². The molecule has 9 heteroatoms. The molecule has 0 fully saturated rings. The molecule has 0 amide bonds. The Hall–Kier alpha value is -1.08. The van der Waals surface area contributed by atoms with Gasteiger partial charge < -0.3 is 4.74 Å². The van der Waals surface area contributed by atoms with E-state index in [4.69, 9.17) is 39.5 Å². The summed E-state index contributed by atoms with van der Waals surface area (Å²) in [5, 5.41) is 11.9. The molecule has 21 heavy (non-hydrogen) atoms. The van der Waals surface area contributed by atoms with Crippen molar-refractivity contribution in [3.8, 4) is 5.75 Å². The van der Waals surface area contributed by atoms with Crippen molar-refractivity contribution in [3.63, 3.8) is 0 Å². The van der Waals surface area contributed by atoms with E-state index in [9.17, 15) is 10.1 Å². The van der Waals surface area contributed by atoms with Gasteiger partial charge in [-0.05, 0) is 34.1 Å². The summed E-state index contributed by atoms with van der Waals surface area (Å²) in [5.41, 5.74) is 0.118. The van der Waals surface area contributed by atoms with Crippen molar-refractivity contribution >= 4 is 56.4 Å². The van der Waals surface area contributed by atoms with Gasteiger partial charge in [-0.25, -0.2) is 4.98 Å². The average Bonchev–Trinajstić information content (AvgIpc) is 2.40. The fourth-order valence-corrected chi connectivity index (χ4v) is 2.76. The third kappa shape index (κ3) is 3.97. The molecule has 0 radical (unpaired) electrons. The van der Waals surface area contributed by atoms with E-state index in [2.05, 4.69) is 20.9 Å². The first-order chi connectivity index (χ1) is 9.88. The molecule has 5 nitrogen and oxygen atoms in total. The van der Waals surface area contributed by atoms with Crippen LogP contribution < -0.4 is 4.74 Å². The van der Waals surface area contributed by atoms with Crippen molar-refractivity contribution < 1.29 is 9.66 Å². The first-order valence-electron chi connectivity index (χ1n) is 5.45. The van der Waals surface area contributed by atoms with E-state index >= 15 is 0 Å². The lowest BCUT2D eigenvalue weighted by Crippen LogP contribution is -2.02. The molecule has 0 N–H and O–H groups in total. The maximum atomic E-state index is 11.0. The van der Waals surface area contributed by atoms with Crippen LogP contribution >= 0.6 is 50.7 Å². The van der Waals surface area contributed by atoms with Crippen LogP contribution in [0.1, 0.15) is 5.69 Å². The van der Waals surface area contributed by atoms with Crippen LogP contribution in [-0.4, -0.2) is 9.91 Å². The number of hydrogen-bond acceptors (Lipinski definition) is 4. The van der Waals surface area contributed by atoms with E-state index in [1.165, 1.54) is 18.2 Å². The summed E-state index contributed by atoms with van der Waals surface area (Å²) in [6, 6.07) is 5.81. The molecule has 110 valence electrons. The Morgan fingerprint density at radius 2 is 2.00 bits per heavy atom. The Labute approximate surface area is 143 Å².